The Hall–Kier alpha value is -2.24. The van der Waals surface area contributed by atoms with Crippen molar-refractivity contribution in [2.24, 2.45) is 0 Å². The lowest BCUT2D eigenvalue weighted by Gasteiger charge is -2.32. The fraction of sp³-hybridized carbons (Fsp3) is 0.586. The van der Waals surface area contributed by atoms with E-state index in [0.717, 1.165) is 63.1 Å². The molecule has 1 saturated heterocycles. The van der Waals surface area contributed by atoms with Crippen LogP contribution in [0.25, 0.3) is 0 Å². The second kappa shape index (κ2) is 11.0. The van der Waals surface area contributed by atoms with Crippen molar-refractivity contribution in [3.63, 3.8) is 0 Å². The molecule has 34 heavy (non-hydrogen) atoms. The van der Waals surface area contributed by atoms with Crippen molar-refractivity contribution < 1.29 is 9.84 Å². The first-order chi connectivity index (χ1) is 16.7. The molecule has 3 aliphatic rings. The summed E-state index contributed by atoms with van der Waals surface area (Å²) in [5.74, 6) is 0.740. The highest BCUT2D eigenvalue weighted by atomic mass is 16.5. The van der Waals surface area contributed by atoms with Crippen molar-refractivity contribution in [2.45, 2.75) is 88.7 Å². The molecule has 2 atom stereocenters. The smallest absolute Gasteiger partial charge is 0.107 e. The van der Waals surface area contributed by atoms with Gasteiger partial charge in [0.2, 0.25) is 0 Å². The summed E-state index contributed by atoms with van der Waals surface area (Å²) in [7, 11) is 0. The number of ether oxygens (including phenoxy) is 1. The maximum Gasteiger partial charge on any atom is 0.107 e. The van der Waals surface area contributed by atoms with Gasteiger partial charge in [-0.1, -0.05) is 25.1 Å². The van der Waals surface area contributed by atoms with E-state index < -0.39 is 0 Å². The normalized spacial score (nSPS) is 21.7. The topological polar surface area (TPSA) is 58.5 Å². The van der Waals surface area contributed by atoms with E-state index >= 15 is 0 Å². The molecule has 0 bridgehead atoms. The number of rotatable bonds is 10. The van der Waals surface area contributed by atoms with Crippen molar-refractivity contribution in [1.82, 2.24) is 14.9 Å². The number of pyridine rings is 2. The molecule has 2 fully saturated rings. The number of fused-ring (bicyclic) bond motifs is 1. The molecule has 0 unspecified atom stereocenters. The summed E-state index contributed by atoms with van der Waals surface area (Å²) in [5.41, 5.74) is 6.29. The Bertz CT molecular complexity index is 987. The zero-order valence-corrected chi connectivity index (χ0v) is 20.4. The van der Waals surface area contributed by atoms with E-state index in [1.54, 1.807) is 0 Å². The molecule has 2 aromatic rings. The predicted octanol–water partition coefficient (Wildman–Crippen LogP) is 5.85. The van der Waals surface area contributed by atoms with Crippen LogP contribution in [0.3, 0.4) is 0 Å². The van der Waals surface area contributed by atoms with E-state index in [9.17, 15) is 5.11 Å². The summed E-state index contributed by atoms with van der Waals surface area (Å²) in [6.07, 6.45) is 14.9. The van der Waals surface area contributed by atoms with Gasteiger partial charge < -0.3 is 9.84 Å². The lowest BCUT2D eigenvalue weighted by atomic mass is 9.79. The molecule has 0 amide bonds. The molecule has 1 aliphatic heterocycles. The van der Waals surface area contributed by atoms with Crippen LogP contribution in [0.4, 0.5) is 0 Å². The molecule has 2 aromatic heterocycles. The fourth-order valence-corrected chi connectivity index (χ4v) is 5.82. The van der Waals surface area contributed by atoms with Gasteiger partial charge in [0.15, 0.2) is 0 Å². The van der Waals surface area contributed by atoms with Gasteiger partial charge in [-0.25, -0.2) is 0 Å². The molecule has 3 heterocycles. The molecule has 1 saturated carbocycles. The van der Waals surface area contributed by atoms with Crippen LogP contribution in [0.5, 0.6) is 0 Å². The third-order valence-corrected chi connectivity index (χ3v) is 7.93. The van der Waals surface area contributed by atoms with Crippen LogP contribution in [0.15, 0.2) is 42.8 Å². The number of aryl methyl sites for hydroxylation is 3. The van der Waals surface area contributed by atoms with Crippen LogP contribution in [0.2, 0.25) is 0 Å². The van der Waals surface area contributed by atoms with Crippen molar-refractivity contribution in [3.8, 4) is 0 Å². The fourth-order valence-electron chi connectivity index (χ4n) is 5.82. The summed E-state index contributed by atoms with van der Waals surface area (Å²) in [6.45, 7) is 6.45. The maximum atomic E-state index is 10.5. The van der Waals surface area contributed by atoms with Crippen LogP contribution in [-0.2, 0) is 24.0 Å². The van der Waals surface area contributed by atoms with Crippen LogP contribution in [0.1, 0.15) is 91.5 Å². The van der Waals surface area contributed by atoms with Gasteiger partial charge in [-0.15, -0.1) is 0 Å². The van der Waals surface area contributed by atoms with Gasteiger partial charge in [0.1, 0.15) is 5.76 Å². The average Bonchev–Trinajstić information content (AvgIpc) is 3.27. The molecular formula is C29H39N3O2. The van der Waals surface area contributed by atoms with Crippen LogP contribution in [-0.4, -0.2) is 45.8 Å². The standard InChI is InChI=1S/C29H39N3O2/c1-21(33)29(26-12-7-17-30-28(26)23-9-6-10-23)32-18-16-25(20-32)34-19-5-4-11-24-15-14-22-8-2-3-13-27(22)31-24/h7,12,14-15,17,23,25,29,33H,1-6,8-11,13,16,18-20H2/t25-,29-/m1/s1. The van der Waals surface area contributed by atoms with Crippen molar-refractivity contribution >= 4 is 0 Å². The first-order valence-corrected chi connectivity index (χ1v) is 13.3. The number of nitrogens with zero attached hydrogens (tertiary/aromatic N) is 3. The first kappa shape index (κ1) is 23.5. The highest BCUT2D eigenvalue weighted by molar-refractivity contribution is 5.32. The molecule has 182 valence electrons. The van der Waals surface area contributed by atoms with Gasteiger partial charge in [-0.3, -0.25) is 14.9 Å². The van der Waals surface area contributed by atoms with Crippen molar-refractivity contribution in [1.29, 1.82) is 0 Å². The minimum atomic E-state index is -0.187. The number of likely N-dealkylation sites (tertiary alicyclic amines) is 1. The number of unbranched alkanes of at least 4 members (excludes halogenated alkanes) is 1. The second-order valence-corrected chi connectivity index (χ2v) is 10.3. The highest BCUT2D eigenvalue weighted by Crippen LogP contribution is 2.41. The molecule has 5 heteroatoms. The predicted molar refractivity (Wildman–Crippen MR) is 135 cm³/mol. The van der Waals surface area contributed by atoms with E-state index in [4.69, 9.17) is 14.7 Å². The maximum absolute atomic E-state index is 10.5. The van der Waals surface area contributed by atoms with E-state index in [1.165, 1.54) is 55.5 Å². The highest BCUT2D eigenvalue weighted by Gasteiger charge is 2.35. The number of hydrogen-bond acceptors (Lipinski definition) is 5. The van der Waals surface area contributed by atoms with Crippen LogP contribution < -0.4 is 0 Å². The summed E-state index contributed by atoms with van der Waals surface area (Å²) in [6, 6.07) is 8.43. The molecular weight excluding hydrogens is 422 g/mol. The van der Waals surface area contributed by atoms with Gasteiger partial charge in [-0.2, -0.15) is 0 Å². The molecule has 0 aromatic carbocycles. The summed E-state index contributed by atoms with van der Waals surface area (Å²) < 4.78 is 6.25. The zero-order valence-electron chi connectivity index (χ0n) is 20.4. The van der Waals surface area contributed by atoms with E-state index in [0.29, 0.717) is 5.92 Å². The van der Waals surface area contributed by atoms with E-state index in [1.807, 2.05) is 12.3 Å². The third-order valence-electron chi connectivity index (χ3n) is 7.93. The molecule has 1 N–H and O–H groups in total. The van der Waals surface area contributed by atoms with Crippen LogP contribution >= 0.6 is 0 Å². The minimum Gasteiger partial charge on any atom is -0.511 e. The van der Waals surface area contributed by atoms with Crippen molar-refractivity contribution in [3.05, 3.63) is 71.0 Å². The largest absolute Gasteiger partial charge is 0.511 e. The Morgan fingerprint density at radius 1 is 1.12 bits per heavy atom. The second-order valence-electron chi connectivity index (χ2n) is 10.3. The Balaban J connectivity index is 1.09. The van der Waals surface area contributed by atoms with Gasteiger partial charge >= 0.3 is 0 Å². The molecule has 5 rings (SSSR count). The molecule has 0 radical (unpaired) electrons. The van der Waals surface area contributed by atoms with Gasteiger partial charge in [-0.05, 0) is 87.5 Å². The molecule has 5 nitrogen and oxygen atoms in total. The number of aromatic nitrogens is 2. The van der Waals surface area contributed by atoms with Gasteiger partial charge in [0.05, 0.1) is 12.1 Å². The lowest BCUT2D eigenvalue weighted by molar-refractivity contribution is 0.0523. The monoisotopic (exact) mass is 461 g/mol. The number of aliphatic hydroxyl groups is 1. The number of aliphatic hydroxyl groups excluding tert-OH is 1. The molecule has 2 aliphatic carbocycles. The van der Waals surface area contributed by atoms with Gasteiger partial charge in [0, 0.05) is 48.9 Å². The lowest BCUT2D eigenvalue weighted by Crippen LogP contribution is -2.31. The van der Waals surface area contributed by atoms with Gasteiger partial charge in [0.25, 0.3) is 0 Å². The first-order valence-electron chi connectivity index (χ1n) is 13.3. The van der Waals surface area contributed by atoms with Crippen molar-refractivity contribution in [2.75, 3.05) is 19.7 Å². The quantitative estimate of drug-likeness (QED) is 0.355. The summed E-state index contributed by atoms with van der Waals surface area (Å²) >= 11 is 0. The Kier molecular flexibility index (Phi) is 7.60. The summed E-state index contributed by atoms with van der Waals surface area (Å²) in [4.78, 5) is 11.9. The SMILES string of the molecule is C=C(O)[C@H](c1cccnc1C1CCC1)N1CC[C@@H](OCCCCc2ccc3c(n2)CCCC3)C1. The van der Waals surface area contributed by atoms with E-state index in [2.05, 4.69) is 29.7 Å². The summed E-state index contributed by atoms with van der Waals surface area (Å²) in [5, 5.41) is 10.5. The Labute approximate surface area is 204 Å². The third kappa shape index (κ3) is 5.36. The average molecular weight is 462 g/mol. The number of hydrogen-bond donors (Lipinski definition) is 1. The Morgan fingerprint density at radius 2 is 2.00 bits per heavy atom. The minimum absolute atomic E-state index is 0.187. The zero-order chi connectivity index (χ0) is 23.3. The van der Waals surface area contributed by atoms with E-state index in [-0.39, 0.29) is 17.9 Å². The van der Waals surface area contributed by atoms with Crippen LogP contribution in [0, 0.1) is 0 Å². The molecule has 0 spiro atoms. The Morgan fingerprint density at radius 3 is 2.82 bits per heavy atom.